The van der Waals surface area contributed by atoms with Crippen LogP contribution in [0.1, 0.15) is 21.5 Å². The van der Waals surface area contributed by atoms with Gasteiger partial charge in [0.1, 0.15) is 0 Å². The Balaban J connectivity index is 1.78. The van der Waals surface area contributed by atoms with E-state index in [1.165, 1.54) is 0 Å². The van der Waals surface area contributed by atoms with Crippen molar-refractivity contribution in [1.29, 1.82) is 0 Å². The number of benzene rings is 2. The minimum atomic E-state index is -3.18. The lowest BCUT2D eigenvalue weighted by Gasteiger charge is -2.07. The summed E-state index contributed by atoms with van der Waals surface area (Å²) in [7, 11) is -3.18. The Morgan fingerprint density at radius 1 is 1.00 bits per heavy atom. The smallest absolute Gasteiger partial charge is 0.269 e. The van der Waals surface area contributed by atoms with E-state index in [1.54, 1.807) is 24.3 Å². The second-order valence-corrected chi connectivity index (χ2v) is 7.15. The van der Waals surface area contributed by atoms with Crippen LogP contribution in [0.5, 0.6) is 0 Å². The molecular formula is C17H20N2O4S. The molecule has 0 aliphatic heterocycles. The van der Waals surface area contributed by atoms with Crippen molar-refractivity contribution in [3.8, 4) is 0 Å². The highest BCUT2D eigenvalue weighted by atomic mass is 32.2. The number of amides is 1. The van der Waals surface area contributed by atoms with Gasteiger partial charge in [0.15, 0.2) is 0 Å². The van der Waals surface area contributed by atoms with Gasteiger partial charge in [0.25, 0.3) is 5.91 Å². The Kier molecular flexibility index (Phi) is 6.48. The van der Waals surface area contributed by atoms with Gasteiger partial charge in [-0.25, -0.2) is 18.6 Å². The van der Waals surface area contributed by atoms with Crippen LogP contribution in [-0.4, -0.2) is 27.1 Å². The van der Waals surface area contributed by atoms with Crippen molar-refractivity contribution in [3.05, 3.63) is 71.3 Å². The number of hydrogen-bond acceptors (Lipinski definition) is 4. The SMILES string of the molecule is CS(=O)(=O)NCCc1ccc(C(=O)NOCc2ccccc2)cc1. The fourth-order valence-corrected chi connectivity index (χ4v) is 2.49. The van der Waals surface area contributed by atoms with E-state index in [4.69, 9.17) is 4.84 Å². The third-order valence-corrected chi connectivity index (χ3v) is 3.97. The maximum Gasteiger partial charge on any atom is 0.274 e. The largest absolute Gasteiger partial charge is 0.274 e. The predicted molar refractivity (Wildman–Crippen MR) is 91.7 cm³/mol. The van der Waals surface area contributed by atoms with Crippen molar-refractivity contribution >= 4 is 15.9 Å². The Hall–Kier alpha value is -2.22. The molecule has 0 aliphatic rings. The van der Waals surface area contributed by atoms with E-state index in [-0.39, 0.29) is 5.91 Å². The average Bonchev–Trinajstić information content (AvgIpc) is 2.55. The second kappa shape index (κ2) is 8.58. The Morgan fingerprint density at radius 2 is 1.67 bits per heavy atom. The third-order valence-electron chi connectivity index (χ3n) is 3.24. The summed E-state index contributed by atoms with van der Waals surface area (Å²) in [6.45, 7) is 0.617. The first kappa shape index (κ1) is 18.1. The number of sulfonamides is 1. The van der Waals surface area contributed by atoms with Crippen molar-refractivity contribution in [2.24, 2.45) is 0 Å². The predicted octanol–water partition coefficient (Wildman–Crippen LogP) is 1.64. The first-order valence-corrected chi connectivity index (χ1v) is 9.33. The van der Waals surface area contributed by atoms with Gasteiger partial charge in [0, 0.05) is 12.1 Å². The summed E-state index contributed by atoms with van der Waals surface area (Å²) in [6.07, 6.45) is 1.68. The lowest BCUT2D eigenvalue weighted by atomic mass is 10.1. The van der Waals surface area contributed by atoms with Crippen LogP contribution in [0.2, 0.25) is 0 Å². The highest BCUT2D eigenvalue weighted by Gasteiger charge is 2.06. The molecule has 2 aromatic carbocycles. The number of hydrogen-bond donors (Lipinski definition) is 2. The van der Waals surface area contributed by atoms with E-state index < -0.39 is 10.0 Å². The van der Waals surface area contributed by atoms with E-state index in [9.17, 15) is 13.2 Å². The van der Waals surface area contributed by atoms with Crippen LogP contribution in [0, 0.1) is 0 Å². The monoisotopic (exact) mass is 348 g/mol. The van der Waals surface area contributed by atoms with Gasteiger partial charge >= 0.3 is 0 Å². The van der Waals surface area contributed by atoms with Gasteiger partial charge in [-0.15, -0.1) is 0 Å². The zero-order chi connectivity index (χ0) is 17.4. The molecule has 2 N–H and O–H groups in total. The zero-order valence-corrected chi connectivity index (χ0v) is 14.2. The van der Waals surface area contributed by atoms with Gasteiger partial charge in [-0.3, -0.25) is 9.63 Å². The Labute approximate surface area is 141 Å². The molecule has 0 bridgehead atoms. The molecule has 24 heavy (non-hydrogen) atoms. The van der Waals surface area contributed by atoms with Gasteiger partial charge in [-0.1, -0.05) is 42.5 Å². The molecule has 128 valence electrons. The lowest BCUT2D eigenvalue weighted by molar-refractivity contribution is 0.0233. The molecule has 6 nitrogen and oxygen atoms in total. The van der Waals surface area contributed by atoms with Crippen LogP contribution in [-0.2, 0) is 27.9 Å². The number of rotatable bonds is 8. The molecule has 1 amide bonds. The van der Waals surface area contributed by atoms with Crippen LogP contribution < -0.4 is 10.2 Å². The van der Waals surface area contributed by atoms with Gasteiger partial charge in [0.2, 0.25) is 10.0 Å². The van der Waals surface area contributed by atoms with Gasteiger partial charge in [-0.2, -0.15) is 0 Å². The highest BCUT2D eigenvalue weighted by Crippen LogP contribution is 2.06. The van der Waals surface area contributed by atoms with Crippen molar-refractivity contribution in [2.75, 3.05) is 12.8 Å². The van der Waals surface area contributed by atoms with Gasteiger partial charge in [0.05, 0.1) is 12.9 Å². The fourth-order valence-electron chi connectivity index (χ4n) is 2.02. The Morgan fingerprint density at radius 3 is 2.29 bits per heavy atom. The first-order chi connectivity index (χ1) is 11.4. The highest BCUT2D eigenvalue weighted by molar-refractivity contribution is 7.88. The molecule has 7 heteroatoms. The second-order valence-electron chi connectivity index (χ2n) is 5.32. The average molecular weight is 348 g/mol. The van der Waals surface area contributed by atoms with Crippen LogP contribution in [0.4, 0.5) is 0 Å². The summed E-state index contributed by atoms with van der Waals surface area (Å²) < 4.78 is 24.4. The summed E-state index contributed by atoms with van der Waals surface area (Å²) in [5.41, 5.74) is 4.78. The summed E-state index contributed by atoms with van der Waals surface area (Å²) >= 11 is 0. The number of carbonyl (C=O) groups is 1. The molecule has 0 aromatic heterocycles. The number of nitrogens with one attached hydrogen (secondary N) is 2. The molecule has 0 aliphatic carbocycles. The van der Waals surface area contributed by atoms with E-state index in [0.717, 1.165) is 17.4 Å². The molecule has 0 saturated heterocycles. The van der Waals surface area contributed by atoms with Crippen LogP contribution in [0.3, 0.4) is 0 Å². The summed E-state index contributed by atoms with van der Waals surface area (Å²) in [5, 5.41) is 0. The Bertz CT molecular complexity index is 759. The summed E-state index contributed by atoms with van der Waals surface area (Å²) in [4.78, 5) is 17.2. The maximum absolute atomic E-state index is 12.0. The van der Waals surface area contributed by atoms with Gasteiger partial charge < -0.3 is 0 Å². The first-order valence-electron chi connectivity index (χ1n) is 7.44. The van der Waals surface area contributed by atoms with Crippen molar-refractivity contribution in [1.82, 2.24) is 10.2 Å². The summed E-state index contributed by atoms with van der Waals surface area (Å²) in [5.74, 6) is -0.327. The normalized spacial score (nSPS) is 11.2. The third kappa shape index (κ3) is 6.49. The standard InChI is InChI=1S/C17H20N2O4S/c1-24(21,22)18-12-11-14-7-9-16(10-8-14)17(20)19-23-13-15-5-3-2-4-6-15/h2-10,18H,11-13H2,1H3,(H,19,20). The molecule has 0 unspecified atom stereocenters. The van der Waals surface area contributed by atoms with E-state index in [1.807, 2.05) is 30.3 Å². The molecule has 0 heterocycles. The van der Waals surface area contributed by atoms with Crippen LogP contribution >= 0.6 is 0 Å². The van der Waals surface area contributed by atoms with Gasteiger partial charge in [-0.05, 0) is 29.7 Å². The maximum atomic E-state index is 12.0. The number of hydroxylamine groups is 1. The van der Waals surface area contributed by atoms with Crippen LogP contribution in [0.15, 0.2) is 54.6 Å². The molecule has 0 radical (unpaired) electrons. The minimum Gasteiger partial charge on any atom is -0.269 e. The summed E-state index contributed by atoms with van der Waals surface area (Å²) in [6, 6.07) is 16.5. The quantitative estimate of drug-likeness (QED) is 0.710. The topological polar surface area (TPSA) is 84.5 Å². The number of carbonyl (C=O) groups excluding carboxylic acids is 1. The zero-order valence-electron chi connectivity index (χ0n) is 13.4. The van der Waals surface area contributed by atoms with Crippen molar-refractivity contribution in [2.45, 2.75) is 13.0 Å². The van der Waals surface area contributed by atoms with E-state index >= 15 is 0 Å². The molecule has 0 fully saturated rings. The lowest BCUT2D eigenvalue weighted by Crippen LogP contribution is -2.24. The van der Waals surface area contributed by atoms with Crippen LogP contribution in [0.25, 0.3) is 0 Å². The fraction of sp³-hybridized carbons (Fsp3) is 0.235. The minimum absolute atomic E-state index is 0.293. The van der Waals surface area contributed by atoms with E-state index in [2.05, 4.69) is 10.2 Å². The van der Waals surface area contributed by atoms with E-state index in [0.29, 0.717) is 25.1 Å². The molecule has 0 saturated carbocycles. The molecule has 0 atom stereocenters. The molecule has 0 spiro atoms. The molecule has 2 aromatic rings. The molecular weight excluding hydrogens is 328 g/mol. The van der Waals surface area contributed by atoms with Crippen molar-refractivity contribution < 1.29 is 18.0 Å². The van der Waals surface area contributed by atoms with Crippen molar-refractivity contribution in [3.63, 3.8) is 0 Å². The molecule has 2 rings (SSSR count).